The van der Waals surface area contributed by atoms with Gasteiger partial charge >= 0.3 is 0 Å². The Morgan fingerprint density at radius 2 is 1.76 bits per heavy atom. The summed E-state index contributed by atoms with van der Waals surface area (Å²) >= 11 is 0. The number of Topliss-reactive ketones (excluding diaryl/α,β-unsaturated/α-hetero) is 1. The van der Waals surface area contributed by atoms with Crippen molar-refractivity contribution in [2.24, 2.45) is 0 Å². The predicted octanol–water partition coefficient (Wildman–Crippen LogP) is 5.46. The van der Waals surface area contributed by atoms with Gasteiger partial charge in [-0.1, -0.05) is 25.0 Å². The fourth-order valence-corrected chi connectivity index (χ4v) is 5.18. The number of ether oxygens (including phenoxy) is 2. The zero-order valence-corrected chi connectivity index (χ0v) is 20.6. The lowest BCUT2D eigenvalue weighted by Crippen LogP contribution is -2.37. The molecule has 180 valence electrons. The molecule has 1 atom stereocenters. The van der Waals surface area contributed by atoms with Gasteiger partial charge in [-0.05, 0) is 81.5 Å². The fourth-order valence-electron chi connectivity index (χ4n) is 5.18. The Morgan fingerprint density at radius 1 is 1.06 bits per heavy atom. The van der Waals surface area contributed by atoms with E-state index in [9.17, 15) is 14.7 Å². The molecule has 1 saturated carbocycles. The monoisotopic (exact) mass is 463 g/mol. The highest BCUT2D eigenvalue weighted by atomic mass is 16.5. The summed E-state index contributed by atoms with van der Waals surface area (Å²) in [6, 6.07) is 10.4. The third kappa shape index (κ3) is 4.29. The molecule has 2 aromatic carbocycles. The number of likely N-dealkylation sites (tertiary alicyclic amines) is 1. The van der Waals surface area contributed by atoms with Crippen molar-refractivity contribution in [2.45, 2.75) is 71.6 Å². The Balaban J connectivity index is 1.90. The molecule has 0 aromatic heterocycles. The highest BCUT2D eigenvalue weighted by Gasteiger charge is 2.49. The maximum atomic E-state index is 13.4. The molecule has 1 amide bonds. The van der Waals surface area contributed by atoms with Gasteiger partial charge in [0, 0.05) is 11.6 Å². The van der Waals surface area contributed by atoms with E-state index in [4.69, 9.17) is 9.47 Å². The number of benzene rings is 2. The molecule has 1 aliphatic carbocycles. The normalized spacial score (nSPS) is 20.4. The van der Waals surface area contributed by atoms with Crippen molar-refractivity contribution in [1.29, 1.82) is 0 Å². The van der Waals surface area contributed by atoms with Crippen LogP contribution in [0.1, 0.15) is 67.8 Å². The molecule has 2 aliphatic rings. The molecule has 6 heteroatoms. The maximum absolute atomic E-state index is 13.4. The number of carbonyl (C=O) groups is 2. The maximum Gasteiger partial charge on any atom is 0.295 e. The van der Waals surface area contributed by atoms with Crippen LogP contribution in [0.4, 0.5) is 0 Å². The number of carbonyl (C=O) groups excluding carboxylic acids is 2. The number of hydrogen-bond acceptors (Lipinski definition) is 5. The third-order valence-corrected chi connectivity index (χ3v) is 6.74. The molecule has 0 radical (unpaired) electrons. The molecule has 1 saturated heterocycles. The van der Waals surface area contributed by atoms with Crippen LogP contribution in [0.25, 0.3) is 5.76 Å². The van der Waals surface area contributed by atoms with Crippen LogP contribution in [0.15, 0.2) is 42.0 Å². The van der Waals surface area contributed by atoms with Gasteiger partial charge in [0.05, 0.1) is 24.8 Å². The van der Waals surface area contributed by atoms with E-state index in [1.54, 1.807) is 12.0 Å². The SMILES string of the molecule is COc1cc(C)c(/C(O)=C2\C(=O)C(=O)N(C3CCCC3)C2c2cccc(OC(C)C)c2)cc1C. The van der Waals surface area contributed by atoms with E-state index >= 15 is 0 Å². The van der Waals surface area contributed by atoms with Crippen LogP contribution >= 0.6 is 0 Å². The van der Waals surface area contributed by atoms with Crippen LogP contribution in [0.5, 0.6) is 11.5 Å². The summed E-state index contributed by atoms with van der Waals surface area (Å²) in [5, 5.41) is 11.5. The zero-order valence-electron chi connectivity index (χ0n) is 20.6. The van der Waals surface area contributed by atoms with Crippen LogP contribution in [0.3, 0.4) is 0 Å². The Morgan fingerprint density at radius 3 is 2.41 bits per heavy atom. The van der Waals surface area contributed by atoms with Crippen LogP contribution in [-0.4, -0.2) is 41.0 Å². The van der Waals surface area contributed by atoms with Gasteiger partial charge in [-0.25, -0.2) is 0 Å². The number of aliphatic hydroxyl groups excluding tert-OH is 1. The topological polar surface area (TPSA) is 76.1 Å². The second-order valence-corrected chi connectivity index (χ2v) is 9.52. The smallest absolute Gasteiger partial charge is 0.295 e. The molecule has 1 aliphatic heterocycles. The van der Waals surface area contributed by atoms with Crippen molar-refractivity contribution in [3.05, 3.63) is 64.2 Å². The largest absolute Gasteiger partial charge is 0.507 e. The van der Waals surface area contributed by atoms with Crippen molar-refractivity contribution in [1.82, 2.24) is 4.90 Å². The van der Waals surface area contributed by atoms with Crippen molar-refractivity contribution in [3.63, 3.8) is 0 Å². The summed E-state index contributed by atoms with van der Waals surface area (Å²) in [6.45, 7) is 7.64. The number of nitrogens with zero attached hydrogens (tertiary/aromatic N) is 1. The molecule has 1 unspecified atom stereocenters. The average molecular weight is 464 g/mol. The van der Waals surface area contributed by atoms with Crippen LogP contribution in [0.2, 0.25) is 0 Å². The van der Waals surface area contributed by atoms with Gasteiger partial charge in [0.2, 0.25) is 0 Å². The van der Waals surface area contributed by atoms with Gasteiger partial charge < -0.3 is 19.5 Å². The highest BCUT2D eigenvalue weighted by molar-refractivity contribution is 6.46. The highest BCUT2D eigenvalue weighted by Crippen LogP contribution is 2.44. The molecule has 2 fully saturated rings. The van der Waals surface area contributed by atoms with Crippen molar-refractivity contribution >= 4 is 17.4 Å². The molecular weight excluding hydrogens is 430 g/mol. The molecule has 4 rings (SSSR count). The van der Waals surface area contributed by atoms with E-state index < -0.39 is 17.7 Å². The first-order valence-electron chi connectivity index (χ1n) is 11.9. The molecule has 34 heavy (non-hydrogen) atoms. The van der Waals surface area contributed by atoms with Gasteiger partial charge in [-0.2, -0.15) is 0 Å². The molecule has 1 N–H and O–H groups in total. The Labute approximate surface area is 201 Å². The zero-order chi connectivity index (χ0) is 24.6. The average Bonchev–Trinajstić information content (AvgIpc) is 3.41. The minimum absolute atomic E-state index is 0.0126. The number of methoxy groups -OCH3 is 1. The lowest BCUT2D eigenvalue weighted by Gasteiger charge is -2.31. The first kappa shape index (κ1) is 23.9. The van der Waals surface area contributed by atoms with Crippen LogP contribution < -0.4 is 9.47 Å². The van der Waals surface area contributed by atoms with Crippen molar-refractivity contribution < 1.29 is 24.2 Å². The molecule has 2 aromatic rings. The standard InChI is InChI=1S/C28H33NO5/c1-16(2)34-21-12-8-9-19(15-21)25-24(27(31)28(32)29(25)20-10-6-7-11-20)26(30)22-13-18(4)23(33-5)14-17(22)3/h8-9,12-16,20,25,30H,6-7,10-11H2,1-5H3/b26-24+. The van der Waals surface area contributed by atoms with E-state index in [1.807, 2.05) is 64.1 Å². The number of aryl methyl sites for hydroxylation is 2. The summed E-state index contributed by atoms with van der Waals surface area (Å²) in [5.74, 6) is 0.0350. The number of amides is 1. The molecule has 0 bridgehead atoms. The number of rotatable bonds is 6. The molecular formula is C28H33NO5. The minimum atomic E-state index is -0.666. The summed E-state index contributed by atoms with van der Waals surface area (Å²) in [6.07, 6.45) is 3.74. The lowest BCUT2D eigenvalue weighted by molar-refractivity contribution is -0.141. The van der Waals surface area contributed by atoms with Crippen molar-refractivity contribution in [3.8, 4) is 11.5 Å². The van der Waals surface area contributed by atoms with Gasteiger partial charge in [-0.3, -0.25) is 9.59 Å². The van der Waals surface area contributed by atoms with Gasteiger partial charge in [0.25, 0.3) is 11.7 Å². The van der Waals surface area contributed by atoms with Crippen molar-refractivity contribution in [2.75, 3.05) is 7.11 Å². The van der Waals surface area contributed by atoms with Gasteiger partial charge in [0.1, 0.15) is 17.3 Å². The predicted molar refractivity (Wildman–Crippen MR) is 131 cm³/mol. The van der Waals surface area contributed by atoms with Crippen LogP contribution in [0, 0.1) is 13.8 Å². The Bertz CT molecular complexity index is 1140. The van der Waals surface area contributed by atoms with Crippen LogP contribution in [-0.2, 0) is 9.59 Å². The van der Waals surface area contributed by atoms with Gasteiger partial charge in [-0.15, -0.1) is 0 Å². The van der Waals surface area contributed by atoms with E-state index in [2.05, 4.69) is 0 Å². The second kappa shape index (κ2) is 9.53. The number of hydrogen-bond donors (Lipinski definition) is 1. The summed E-state index contributed by atoms with van der Waals surface area (Å²) in [4.78, 5) is 28.4. The Kier molecular flexibility index (Phi) is 6.69. The molecule has 0 spiro atoms. The quantitative estimate of drug-likeness (QED) is 0.350. The fraction of sp³-hybridized carbons (Fsp3) is 0.429. The van der Waals surface area contributed by atoms with E-state index in [0.717, 1.165) is 42.4 Å². The number of ketones is 1. The van der Waals surface area contributed by atoms with E-state index in [0.29, 0.717) is 17.1 Å². The summed E-state index contributed by atoms with van der Waals surface area (Å²) < 4.78 is 11.3. The summed E-state index contributed by atoms with van der Waals surface area (Å²) in [7, 11) is 1.60. The van der Waals surface area contributed by atoms with E-state index in [1.165, 1.54) is 0 Å². The Hall–Kier alpha value is -3.28. The third-order valence-electron chi connectivity index (χ3n) is 6.74. The first-order valence-corrected chi connectivity index (χ1v) is 11.9. The molecule has 1 heterocycles. The van der Waals surface area contributed by atoms with E-state index in [-0.39, 0.29) is 23.5 Å². The first-order chi connectivity index (χ1) is 16.2. The molecule has 6 nitrogen and oxygen atoms in total. The number of aliphatic hydroxyl groups is 1. The minimum Gasteiger partial charge on any atom is -0.507 e. The summed E-state index contributed by atoms with van der Waals surface area (Å²) in [5.41, 5.74) is 3.02. The lowest BCUT2D eigenvalue weighted by atomic mass is 9.92. The second-order valence-electron chi connectivity index (χ2n) is 9.52. The van der Waals surface area contributed by atoms with Gasteiger partial charge in [0.15, 0.2) is 0 Å².